The van der Waals surface area contributed by atoms with E-state index in [1.807, 2.05) is 25.1 Å². The second kappa shape index (κ2) is 8.53. The normalized spacial score (nSPS) is 17.9. The Morgan fingerprint density at radius 2 is 1.74 bits per heavy atom. The quantitative estimate of drug-likeness (QED) is 0.699. The number of ether oxygens (including phenoxy) is 3. The summed E-state index contributed by atoms with van der Waals surface area (Å²) >= 11 is 0. The van der Waals surface area contributed by atoms with Crippen LogP contribution in [0.4, 0.5) is 13.2 Å². The van der Waals surface area contributed by atoms with E-state index in [0.29, 0.717) is 55.3 Å². The van der Waals surface area contributed by atoms with Gasteiger partial charge in [0, 0.05) is 11.6 Å². The van der Waals surface area contributed by atoms with Crippen LogP contribution in [0.25, 0.3) is 5.57 Å². The molecule has 2 aromatic rings. The molecule has 2 aliphatic heterocycles. The van der Waals surface area contributed by atoms with Gasteiger partial charge in [0.1, 0.15) is 19.0 Å². The molecule has 1 N–H and O–H groups in total. The zero-order valence-electron chi connectivity index (χ0n) is 16.9. The van der Waals surface area contributed by atoms with E-state index in [2.05, 4.69) is 5.32 Å². The molecule has 0 aromatic heterocycles. The molecule has 0 fully saturated rings. The molecule has 2 aromatic carbocycles. The minimum absolute atomic E-state index is 0.145. The fourth-order valence-corrected chi connectivity index (χ4v) is 3.64. The SMILES string of the molecule is CC(NC(=O)/C=C1\CCCOc2cc(C(F)(F)F)ccc21)c1ccc2c(c1)OCCO2. The van der Waals surface area contributed by atoms with Gasteiger partial charge >= 0.3 is 6.18 Å². The van der Waals surface area contributed by atoms with Crippen molar-refractivity contribution in [2.24, 2.45) is 0 Å². The van der Waals surface area contributed by atoms with Crippen molar-refractivity contribution in [1.82, 2.24) is 5.32 Å². The van der Waals surface area contributed by atoms with E-state index in [-0.39, 0.29) is 17.7 Å². The summed E-state index contributed by atoms with van der Waals surface area (Å²) in [5, 5.41) is 2.90. The molecular weight excluding hydrogens is 411 g/mol. The molecule has 0 saturated carbocycles. The molecule has 0 aliphatic carbocycles. The number of allylic oxidation sites excluding steroid dienone is 1. The lowest BCUT2D eigenvalue weighted by Gasteiger charge is -2.21. The average Bonchev–Trinajstić information content (AvgIpc) is 2.94. The first-order chi connectivity index (χ1) is 14.8. The number of halogens is 3. The monoisotopic (exact) mass is 433 g/mol. The minimum Gasteiger partial charge on any atom is -0.493 e. The number of nitrogens with one attached hydrogen (secondary N) is 1. The maximum absolute atomic E-state index is 13.0. The molecule has 1 unspecified atom stereocenters. The van der Waals surface area contributed by atoms with Gasteiger partial charge in [0.2, 0.25) is 5.91 Å². The summed E-state index contributed by atoms with van der Waals surface area (Å²) in [4.78, 5) is 12.7. The third kappa shape index (κ3) is 4.78. The highest BCUT2D eigenvalue weighted by Crippen LogP contribution is 2.38. The Kier molecular flexibility index (Phi) is 5.80. The number of alkyl halides is 3. The molecule has 0 spiro atoms. The highest BCUT2D eigenvalue weighted by molar-refractivity contribution is 5.96. The second-order valence-electron chi connectivity index (χ2n) is 7.46. The van der Waals surface area contributed by atoms with E-state index in [4.69, 9.17) is 14.2 Å². The van der Waals surface area contributed by atoms with E-state index < -0.39 is 11.7 Å². The zero-order chi connectivity index (χ0) is 22.0. The van der Waals surface area contributed by atoms with E-state index in [0.717, 1.165) is 17.7 Å². The maximum Gasteiger partial charge on any atom is 0.416 e. The van der Waals surface area contributed by atoms with Crippen molar-refractivity contribution < 1.29 is 32.2 Å². The number of amides is 1. The summed E-state index contributed by atoms with van der Waals surface area (Å²) in [5.74, 6) is 1.12. The van der Waals surface area contributed by atoms with Gasteiger partial charge < -0.3 is 19.5 Å². The van der Waals surface area contributed by atoms with Crippen molar-refractivity contribution in [2.45, 2.75) is 32.0 Å². The van der Waals surface area contributed by atoms with Crippen LogP contribution in [-0.2, 0) is 11.0 Å². The number of benzene rings is 2. The predicted octanol–water partition coefficient (Wildman–Crippen LogP) is 4.91. The summed E-state index contributed by atoms with van der Waals surface area (Å²) in [6, 6.07) is 8.57. The van der Waals surface area contributed by atoms with E-state index in [1.165, 1.54) is 12.1 Å². The van der Waals surface area contributed by atoms with Crippen LogP contribution in [0.3, 0.4) is 0 Å². The molecule has 0 saturated heterocycles. The third-order valence-electron chi connectivity index (χ3n) is 5.23. The Morgan fingerprint density at radius 3 is 2.52 bits per heavy atom. The van der Waals surface area contributed by atoms with Gasteiger partial charge in [-0.05, 0) is 55.2 Å². The van der Waals surface area contributed by atoms with Crippen LogP contribution in [0.2, 0.25) is 0 Å². The maximum atomic E-state index is 13.0. The molecule has 1 amide bonds. The molecular formula is C23H22F3NO4. The molecule has 2 heterocycles. The lowest BCUT2D eigenvalue weighted by Crippen LogP contribution is -2.25. The molecule has 2 aliphatic rings. The van der Waals surface area contributed by atoms with Crippen molar-refractivity contribution in [3.05, 3.63) is 59.2 Å². The standard InChI is InChI=1S/C23H22F3NO4/c1-14(15-4-7-19-21(11-15)31-10-9-30-19)27-22(28)12-16-3-2-8-29-20-13-17(23(24,25)26)5-6-18(16)20/h4-7,11-14H,2-3,8-10H2,1H3,(H,27,28)/b16-12+. The highest BCUT2D eigenvalue weighted by atomic mass is 19.4. The van der Waals surface area contributed by atoms with E-state index in [9.17, 15) is 18.0 Å². The van der Waals surface area contributed by atoms with Crippen molar-refractivity contribution in [1.29, 1.82) is 0 Å². The van der Waals surface area contributed by atoms with Crippen LogP contribution in [0, 0.1) is 0 Å². The Hall–Kier alpha value is -3.16. The summed E-state index contributed by atoms with van der Waals surface area (Å²) < 4.78 is 55.7. The van der Waals surface area contributed by atoms with Crippen LogP contribution in [0.1, 0.15) is 42.5 Å². The third-order valence-corrected chi connectivity index (χ3v) is 5.23. The van der Waals surface area contributed by atoms with Crippen LogP contribution in [-0.4, -0.2) is 25.7 Å². The first-order valence-electron chi connectivity index (χ1n) is 10.1. The molecule has 5 nitrogen and oxygen atoms in total. The Morgan fingerprint density at radius 1 is 1.00 bits per heavy atom. The summed E-state index contributed by atoms with van der Waals surface area (Å²) in [6.07, 6.45) is -1.88. The molecule has 0 bridgehead atoms. The van der Waals surface area contributed by atoms with Crippen molar-refractivity contribution in [3.63, 3.8) is 0 Å². The number of fused-ring (bicyclic) bond motifs is 2. The topological polar surface area (TPSA) is 56.8 Å². The molecule has 4 rings (SSSR count). The highest BCUT2D eigenvalue weighted by Gasteiger charge is 2.32. The van der Waals surface area contributed by atoms with Crippen LogP contribution in [0.5, 0.6) is 17.2 Å². The fourth-order valence-electron chi connectivity index (χ4n) is 3.64. The van der Waals surface area contributed by atoms with Gasteiger partial charge in [-0.3, -0.25) is 4.79 Å². The van der Waals surface area contributed by atoms with Gasteiger partial charge in [-0.2, -0.15) is 13.2 Å². The predicted molar refractivity (Wildman–Crippen MR) is 108 cm³/mol. The second-order valence-corrected chi connectivity index (χ2v) is 7.46. The summed E-state index contributed by atoms with van der Waals surface area (Å²) in [6.45, 7) is 3.12. The zero-order valence-corrected chi connectivity index (χ0v) is 16.9. The van der Waals surface area contributed by atoms with Crippen LogP contribution >= 0.6 is 0 Å². The average molecular weight is 433 g/mol. The Labute approximate surface area is 177 Å². The number of hydrogen-bond donors (Lipinski definition) is 1. The molecule has 8 heteroatoms. The lowest BCUT2D eigenvalue weighted by molar-refractivity contribution is -0.137. The van der Waals surface area contributed by atoms with Crippen molar-refractivity contribution >= 4 is 11.5 Å². The summed E-state index contributed by atoms with van der Waals surface area (Å²) in [7, 11) is 0. The molecule has 31 heavy (non-hydrogen) atoms. The fraction of sp³-hybridized carbons (Fsp3) is 0.348. The Bertz CT molecular complexity index is 1020. The molecule has 1 atom stereocenters. The largest absolute Gasteiger partial charge is 0.493 e. The van der Waals surface area contributed by atoms with E-state index in [1.54, 1.807) is 0 Å². The van der Waals surface area contributed by atoms with E-state index >= 15 is 0 Å². The van der Waals surface area contributed by atoms with Gasteiger partial charge in [0.05, 0.1) is 18.2 Å². The number of carbonyl (C=O) groups is 1. The minimum atomic E-state index is -4.45. The Balaban J connectivity index is 1.52. The number of carbonyl (C=O) groups excluding carboxylic acids is 1. The van der Waals surface area contributed by atoms with Crippen LogP contribution in [0.15, 0.2) is 42.5 Å². The van der Waals surface area contributed by atoms with Gasteiger partial charge in [-0.15, -0.1) is 0 Å². The smallest absolute Gasteiger partial charge is 0.416 e. The van der Waals surface area contributed by atoms with Crippen molar-refractivity contribution in [2.75, 3.05) is 19.8 Å². The molecule has 164 valence electrons. The first-order valence-corrected chi connectivity index (χ1v) is 10.1. The van der Waals surface area contributed by atoms with Crippen LogP contribution < -0.4 is 19.5 Å². The molecule has 0 radical (unpaired) electrons. The summed E-state index contributed by atoms with van der Waals surface area (Å²) in [5.41, 5.74) is 1.24. The number of hydrogen-bond acceptors (Lipinski definition) is 4. The first kappa shape index (κ1) is 21.1. The van der Waals surface area contributed by atoms with Gasteiger partial charge in [-0.1, -0.05) is 12.1 Å². The van der Waals surface area contributed by atoms with Gasteiger partial charge in [0.25, 0.3) is 0 Å². The van der Waals surface area contributed by atoms with Gasteiger partial charge in [-0.25, -0.2) is 0 Å². The number of rotatable bonds is 3. The van der Waals surface area contributed by atoms with Crippen molar-refractivity contribution in [3.8, 4) is 17.2 Å². The van der Waals surface area contributed by atoms with Gasteiger partial charge in [0.15, 0.2) is 11.5 Å². The lowest BCUT2D eigenvalue weighted by atomic mass is 9.98.